The molecule has 0 bridgehead atoms. The number of nitrogens with zero attached hydrogens (tertiary/aromatic N) is 1. The number of aromatic nitrogens is 1. The number of aryl methyl sites for hydroxylation is 2. The maximum atomic E-state index is 4.70. The fraction of sp³-hybridized carbons (Fsp3) is 0.118. The van der Waals surface area contributed by atoms with E-state index in [0.29, 0.717) is 0 Å². The van der Waals surface area contributed by atoms with E-state index in [4.69, 9.17) is 4.98 Å². The number of halogens is 1. The van der Waals surface area contributed by atoms with Gasteiger partial charge in [0.05, 0.1) is 5.52 Å². The standard InChI is InChI=1S/C17H14BrN/c18-15-9-5-13(6-10-15)7-11-16-12-8-14-3-1-2-4-17(14)19-16/h1-6,8-10,12H,7,11H2. The highest BCUT2D eigenvalue weighted by Gasteiger charge is 1.99. The third kappa shape index (κ3) is 3.02. The zero-order valence-corrected chi connectivity index (χ0v) is 12.1. The van der Waals surface area contributed by atoms with E-state index >= 15 is 0 Å². The predicted octanol–water partition coefficient (Wildman–Crippen LogP) is 4.78. The summed E-state index contributed by atoms with van der Waals surface area (Å²) in [7, 11) is 0. The van der Waals surface area contributed by atoms with Crippen LogP contribution in [0.15, 0.2) is 65.1 Å². The fourth-order valence-corrected chi connectivity index (χ4v) is 2.44. The number of hydrogen-bond donors (Lipinski definition) is 0. The van der Waals surface area contributed by atoms with Crippen LogP contribution in [0, 0.1) is 0 Å². The summed E-state index contributed by atoms with van der Waals surface area (Å²) in [5.74, 6) is 0. The Bertz CT molecular complexity index is 689. The van der Waals surface area contributed by atoms with E-state index in [1.807, 2.05) is 12.1 Å². The Morgan fingerprint density at radius 1 is 0.789 bits per heavy atom. The molecule has 19 heavy (non-hydrogen) atoms. The number of fused-ring (bicyclic) bond motifs is 1. The number of pyridine rings is 1. The molecule has 0 fully saturated rings. The minimum absolute atomic E-state index is 0.979. The monoisotopic (exact) mass is 311 g/mol. The van der Waals surface area contributed by atoms with E-state index in [1.54, 1.807) is 0 Å². The third-order valence-corrected chi connectivity index (χ3v) is 3.77. The SMILES string of the molecule is Brc1ccc(CCc2ccc3ccccc3n2)cc1. The molecule has 1 heterocycles. The first-order valence-electron chi connectivity index (χ1n) is 6.40. The van der Waals surface area contributed by atoms with Crippen LogP contribution in [0.4, 0.5) is 0 Å². The third-order valence-electron chi connectivity index (χ3n) is 3.24. The van der Waals surface area contributed by atoms with E-state index in [-0.39, 0.29) is 0 Å². The lowest BCUT2D eigenvalue weighted by Crippen LogP contribution is -1.94. The van der Waals surface area contributed by atoms with Crippen molar-refractivity contribution in [1.82, 2.24) is 4.98 Å². The molecule has 0 aliphatic rings. The van der Waals surface area contributed by atoms with Crippen LogP contribution in [0.2, 0.25) is 0 Å². The van der Waals surface area contributed by atoms with Gasteiger partial charge in [-0.15, -0.1) is 0 Å². The quantitative estimate of drug-likeness (QED) is 0.678. The minimum atomic E-state index is 0.979. The summed E-state index contributed by atoms with van der Waals surface area (Å²) in [6.45, 7) is 0. The molecule has 0 amide bonds. The Balaban J connectivity index is 1.76. The van der Waals surface area contributed by atoms with E-state index < -0.39 is 0 Å². The summed E-state index contributed by atoms with van der Waals surface area (Å²) >= 11 is 3.46. The summed E-state index contributed by atoms with van der Waals surface area (Å²) in [6.07, 6.45) is 2.01. The van der Waals surface area contributed by atoms with Crippen molar-refractivity contribution in [3.8, 4) is 0 Å². The minimum Gasteiger partial charge on any atom is -0.253 e. The Morgan fingerprint density at radius 2 is 1.58 bits per heavy atom. The van der Waals surface area contributed by atoms with Gasteiger partial charge in [-0.1, -0.05) is 52.3 Å². The normalized spacial score (nSPS) is 10.8. The molecule has 3 aromatic rings. The van der Waals surface area contributed by atoms with E-state index in [2.05, 4.69) is 64.5 Å². The second-order valence-electron chi connectivity index (χ2n) is 4.62. The first-order valence-corrected chi connectivity index (χ1v) is 7.20. The van der Waals surface area contributed by atoms with Crippen LogP contribution < -0.4 is 0 Å². The lowest BCUT2D eigenvalue weighted by Gasteiger charge is -2.04. The molecule has 0 saturated heterocycles. The Kier molecular flexibility index (Phi) is 3.60. The van der Waals surface area contributed by atoms with Gasteiger partial charge in [0, 0.05) is 15.6 Å². The summed E-state index contributed by atoms with van der Waals surface area (Å²) in [5.41, 5.74) is 3.58. The molecule has 0 spiro atoms. The van der Waals surface area contributed by atoms with Gasteiger partial charge in [0.15, 0.2) is 0 Å². The molecule has 3 rings (SSSR count). The van der Waals surface area contributed by atoms with Crippen molar-refractivity contribution in [2.45, 2.75) is 12.8 Å². The predicted molar refractivity (Wildman–Crippen MR) is 83.3 cm³/mol. The summed E-state index contributed by atoms with van der Waals surface area (Å²) < 4.78 is 1.13. The first-order chi connectivity index (χ1) is 9.31. The van der Waals surface area contributed by atoms with Gasteiger partial charge in [-0.3, -0.25) is 4.98 Å². The van der Waals surface area contributed by atoms with E-state index in [0.717, 1.165) is 28.5 Å². The number of hydrogen-bond acceptors (Lipinski definition) is 1. The van der Waals surface area contributed by atoms with Gasteiger partial charge >= 0.3 is 0 Å². The highest BCUT2D eigenvalue weighted by Crippen LogP contribution is 2.15. The van der Waals surface area contributed by atoms with Crippen molar-refractivity contribution >= 4 is 26.8 Å². The van der Waals surface area contributed by atoms with Crippen molar-refractivity contribution in [3.05, 3.63) is 76.4 Å². The highest BCUT2D eigenvalue weighted by molar-refractivity contribution is 9.10. The van der Waals surface area contributed by atoms with Crippen molar-refractivity contribution < 1.29 is 0 Å². The van der Waals surface area contributed by atoms with Crippen molar-refractivity contribution in [1.29, 1.82) is 0 Å². The highest BCUT2D eigenvalue weighted by atomic mass is 79.9. The molecule has 0 aliphatic heterocycles. The summed E-state index contributed by atoms with van der Waals surface area (Å²) in [4.78, 5) is 4.70. The van der Waals surface area contributed by atoms with Crippen LogP contribution in [-0.4, -0.2) is 4.98 Å². The molecule has 0 radical (unpaired) electrons. The van der Waals surface area contributed by atoms with Crippen molar-refractivity contribution in [2.24, 2.45) is 0 Å². The van der Waals surface area contributed by atoms with Crippen LogP contribution in [0.1, 0.15) is 11.3 Å². The lowest BCUT2D eigenvalue weighted by atomic mass is 10.1. The van der Waals surface area contributed by atoms with Gasteiger partial charge in [-0.2, -0.15) is 0 Å². The second-order valence-corrected chi connectivity index (χ2v) is 5.54. The van der Waals surface area contributed by atoms with E-state index in [9.17, 15) is 0 Å². The molecular weight excluding hydrogens is 298 g/mol. The maximum Gasteiger partial charge on any atom is 0.0705 e. The molecule has 1 nitrogen and oxygen atoms in total. The average Bonchev–Trinajstić information content (AvgIpc) is 2.46. The maximum absolute atomic E-state index is 4.70. The molecule has 0 aliphatic carbocycles. The molecule has 2 heteroatoms. The molecule has 2 aromatic carbocycles. The van der Waals surface area contributed by atoms with Gasteiger partial charge in [0.25, 0.3) is 0 Å². The van der Waals surface area contributed by atoms with Crippen LogP contribution >= 0.6 is 15.9 Å². The topological polar surface area (TPSA) is 12.9 Å². The Labute approximate surface area is 121 Å². The van der Waals surface area contributed by atoms with Crippen LogP contribution in [0.3, 0.4) is 0 Å². The van der Waals surface area contributed by atoms with Gasteiger partial charge in [-0.05, 0) is 42.7 Å². The zero-order chi connectivity index (χ0) is 13.1. The first kappa shape index (κ1) is 12.4. The lowest BCUT2D eigenvalue weighted by molar-refractivity contribution is 0.922. The number of para-hydroxylation sites is 1. The van der Waals surface area contributed by atoms with Crippen LogP contribution in [0.25, 0.3) is 10.9 Å². The van der Waals surface area contributed by atoms with Crippen LogP contribution in [-0.2, 0) is 12.8 Å². The van der Waals surface area contributed by atoms with Gasteiger partial charge in [0.2, 0.25) is 0 Å². The molecule has 0 unspecified atom stereocenters. The summed E-state index contributed by atoms with van der Waals surface area (Å²) in [6, 6.07) is 21.0. The largest absolute Gasteiger partial charge is 0.253 e. The fourth-order valence-electron chi connectivity index (χ4n) is 2.17. The Morgan fingerprint density at radius 3 is 2.42 bits per heavy atom. The molecule has 1 aromatic heterocycles. The zero-order valence-electron chi connectivity index (χ0n) is 10.5. The van der Waals surface area contributed by atoms with Crippen molar-refractivity contribution in [3.63, 3.8) is 0 Å². The Hall–Kier alpha value is -1.67. The van der Waals surface area contributed by atoms with Crippen molar-refractivity contribution in [2.75, 3.05) is 0 Å². The average molecular weight is 312 g/mol. The van der Waals surface area contributed by atoms with Gasteiger partial charge < -0.3 is 0 Å². The molecule has 0 N–H and O–H groups in total. The summed E-state index contributed by atoms with van der Waals surface area (Å²) in [5, 5.41) is 1.20. The van der Waals surface area contributed by atoms with Gasteiger partial charge in [-0.25, -0.2) is 0 Å². The molecule has 0 saturated carbocycles. The molecule has 94 valence electrons. The van der Waals surface area contributed by atoms with Gasteiger partial charge in [0.1, 0.15) is 0 Å². The molecular formula is C17H14BrN. The van der Waals surface area contributed by atoms with E-state index in [1.165, 1.54) is 10.9 Å². The smallest absolute Gasteiger partial charge is 0.0705 e. The van der Waals surface area contributed by atoms with Crippen LogP contribution in [0.5, 0.6) is 0 Å². The molecule has 0 atom stereocenters. The number of rotatable bonds is 3. The number of benzene rings is 2. The second kappa shape index (κ2) is 5.54.